The molecule has 1 aliphatic heterocycles. The van der Waals surface area contributed by atoms with E-state index in [1.54, 1.807) is 0 Å². The lowest BCUT2D eigenvalue weighted by Crippen LogP contribution is -2.54. The first-order valence-corrected chi connectivity index (χ1v) is 13.7. The van der Waals surface area contributed by atoms with E-state index in [1.165, 1.54) is 4.90 Å². The lowest BCUT2D eigenvalue weighted by molar-refractivity contribution is -0.139. The summed E-state index contributed by atoms with van der Waals surface area (Å²) >= 11 is 0. The number of rotatable bonds is 9. The number of carbonyl (C=O) groups is 2. The third-order valence-electron chi connectivity index (χ3n) is 6.49. The summed E-state index contributed by atoms with van der Waals surface area (Å²) in [5.41, 5.74) is 11.8. The Morgan fingerprint density at radius 3 is 2.41 bits per heavy atom. The number of aliphatic imine (C=N–C) groups is 1. The van der Waals surface area contributed by atoms with Crippen molar-refractivity contribution < 1.29 is 18.0 Å². The molecular weight excluding hydrogens is 456 g/mol. The van der Waals surface area contributed by atoms with Crippen LogP contribution < -0.4 is 21.5 Å². The number of likely N-dealkylation sites (tertiary alicyclic amines) is 1. The van der Waals surface area contributed by atoms with Crippen molar-refractivity contribution in [3.63, 3.8) is 0 Å². The zero-order chi connectivity index (χ0) is 24.7. The number of hydrogen-bond acceptors (Lipinski definition) is 5. The van der Waals surface area contributed by atoms with Crippen molar-refractivity contribution in [1.82, 2.24) is 14.9 Å². The van der Waals surface area contributed by atoms with E-state index in [4.69, 9.17) is 11.5 Å². The number of guanidine groups is 1. The minimum Gasteiger partial charge on any atom is -0.370 e. The monoisotopic (exact) mass is 492 g/mol. The Hall–Kier alpha value is -2.66. The van der Waals surface area contributed by atoms with E-state index in [1.807, 2.05) is 30.3 Å². The van der Waals surface area contributed by atoms with Crippen molar-refractivity contribution in [2.45, 2.75) is 63.1 Å². The van der Waals surface area contributed by atoms with Gasteiger partial charge in [-0.05, 0) is 56.4 Å². The van der Waals surface area contributed by atoms with Gasteiger partial charge in [-0.25, -0.2) is 13.1 Å². The van der Waals surface area contributed by atoms with Crippen LogP contribution in [0.3, 0.4) is 0 Å². The molecule has 11 heteroatoms. The number of nitrogens with two attached hydrogens (primary N) is 2. The molecule has 1 heterocycles. The predicted molar refractivity (Wildman–Crippen MR) is 131 cm³/mol. The highest BCUT2D eigenvalue weighted by molar-refractivity contribution is 7.88. The van der Waals surface area contributed by atoms with Gasteiger partial charge in [0, 0.05) is 13.1 Å². The Morgan fingerprint density at radius 2 is 1.79 bits per heavy atom. The molecule has 1 saturated carbocycles. The second-order valence-corrected chi connectivity index (χ2v) is 11.1. The van der Waals surface area contributed by atoms with Crippen LogP contribution in [-0.2, 0) is 26.0 Å². The van der Waals surface area contributed by atoms with Crippen molar-refractivity contribution in [3.8, 4) is 0 Å². The highest BCUT2D eigenvalue weighted by atomic mass is 32.2. The molecule has 34 heavy (non-hydrogen) atoms. The van der Waals surface area contributed by atoms with Gasteiger partial charge in [-0.15, -0.1) is 0 Å². The van der Waals surface area contributed by atoms with E-state index in [-0.39, 0.29) is 30.2 Å². The smallest absolute Gasteiger partial charge is 0.242 e. The zero-order valence-electron chi connectivity index (χ0n) is 19.7. The first-order valence-electron chi connectivity index (χ1n) is 11.8. The van der Waals surface area contributed by atoms with Gasteiger partial charge < -0.3 is 21.7 Å². The molecule has 2 atom stereocenters. The summed E-state index contributed by atoms with van der Waals surface area (Å²) in [4.78, 5) is 32.1. The first kappa shape index (κ1) is 26.0. The molecule has 1 aromatic carbocycles. The van der Waals surface area contributed by atoms with E-state index in [9.17, 15) is 18.0 Å². The van der Waals surface area contributed by atoms with Crippen molar-refractivity contribution >= 4 is 27.8 Å². The highest BCUT2D eigenvalue weighted by Gasteiger charge is 2.38. The topological polar surface area (TPSA) is 160 Å². The minimum atomic E-state index is -3.62. The molecule has 188 valence electrons. The Balaban J connectivity index is 1.59. The quantitative estimate of drug-likeness (QED) is 0.282. The van der Waals surface area contributed by atoms with E-state index in [0.717, 1.165) is 37.5 Å². The molecular formula is C23H36N6O4S. The minimum absolute atomic E-state index is 0.110. The zero-order valence-corrected chi connectivity index (χ0v) is 20.5. The molecule has 1 aromatic rings. The van der Waals surface area contributed by atoms with Crippen LogP contribution in [-0.4, -0.2) is 68.6 Å². The fraction of sp³-hybridized carbons (Fsp3) is 0.609. The fourth-order valence-corrected chi connectivity index (χ4v) is 5.54. The van der Waals surface area contributed by atoms with Crippen LogP contribution in [0.2, 0.25) is 0 Å². The van der Waals surface area contributed by atoms with Crippen molar-refractivity contribution in [1.29, 1.82) is 0 Å². The third kappa shape index (κ3) is 7.69. The van der Waals surface area contributed by atoms with Gasteiger partial charge in [0.1, 0.15) is 12.1 Å². The van der Waals surface area contributed by atoms with Gasteiger partial charge in [0.2, 0.25) is 21.8 Å². The van der Waals surface area contributed by atoms with E-state index in [0.29, 0.717) is 31.8 Å². The molecule has 2 amide bonds. The molecule has 2 unspecified atom stereocenters. The molecule has 2 fully saturated rings. The molecule has 0 spiro atoms. The van der Waals surface area contributed by atoms with Crippen LogP contribution in [0.25, 0.3) is 0 Å². The fourth-order valence-electron chi connectivity index (χ4n) is 4.84. The number of sulfonamides is 1. The van der Waals surface area contributed by atoms with Gasteiger partial charge >= 0.3 is 0 Å². The Labute approximate surface area is 201 Å². The summed E-state index contributed by atoms with van der Waals surface area (Å²) in [5, 5.41) is 3.01. The Kier molecular flexibility index (Phi) is 8.90. The molecule has 3 rings (SSSR count). The van der Waals surface area contributed by atoms with E-state index in [2.05, 4.69) is 15.0 Å². The van der Waals surface area contributed by atoms with Gasteiger partial charge in [-0.2, -0.15) is 0 Å². The Morgan fingerprint density at radius 1 is 1.12 bits per heavy atom. The number of amides is 2. The van der Waals surface area contributed by atoms with Gasteiger partial charge in [-0.1, -0.05) is 30.3 Å². The Bertz CT molecular complexity index is 972. The second-order valence-electron chi connectivity index (χ2n) is 9.30. The summed E-state index contributed by atoms with van der Waals surface area (Å²) in [6.45, 7) is 0.970. The largest absolute Gasteiger partial charge is 0.370 e. The van der Waals surface area contributed by atoms with Crippen molar-refractivity contribution in [2.75, 3.05) is 19.3 Å². The van der Waals surface area contributed by atoms with E-state index >= 15 is 0 Å². The summed E-state index contributed by atoms with van der Waals surface area (Å²) in [5.74, 6) is -0.101. The number of nitrogens with zero attached hydrogens (tertiary/aromatic N) is 2. The summed E-state index contributed by atoms with van der Waals surface area (Å²) in [6, 6.07) is 7.83. The van der Waals surface area contributed by atoms with Gasteiger partial charge in [0.15, 0.2) is 5.96 Å². The lowest BCUT2D eigenvalue weighted by Gasteiger charge is -2.30. The summed E-state index contributed by atoms with van der Waals surface area (Å²) in [6.07, 6.45) is 6.12. The molecule has 0 radical (unpaired) electrons. The van der Waals surface area contributed by atoms with Crippen LogP contribution in [0.5, 0.6) is 0 Å². The summed E-state index contributed by atoms with van der Waals surface area (Å²) < 4.78 is 26.3. The van der Waals surface area contributed by atoms with Gasteiger partial charge in [0.25, 0.3) is 0 Å². The molecule has 10 nitrogen and oxygen atoms in total. The molecule has 1 aliphatic carbocycles. The maximum absolute atomic E-state index is 13.4. The van der Waals surface area contributed by atoms with Crippen molar-refractivity contribution in [3.05, 3.63) is 35.9 Å². The first-order chi connectivity index (χ1) is 16.1. The summed E-state index contributed by atoms with van der Waals surface area (Å²) in [7, 11) is -3.62. The average molecular weight is 493 g/mol. The maximum atomic E-state index is 13.4. The molecule has 0 aromatic heterocycles. The van der Waals surface area contributed by atoms with Crippen LogP contribution in [0, 0.1) is 5.92 Å². The predicted octanol–water partition coefficient (Wildman–Crippen LogP) is 0.0863. The second kappa shape index (κ2) is 11.7. The number of benzene rings is 1. The highest BCUT2D eigenvalue weighted by Crippen LogP contribution is 2.26. The normalized spacial score (nSPS) is 23.8. The van der Waals surface area contributed by atoms with Crippen molar-refractivity contribution in [2.24, 2.45) is 22.4 Å². The molecule has 0 bridgehead atoms. The van der Waals surface area contributed by atoms with Crippen LogP contribution in [0.1, 0.15) is 44.1 Å². The third-order valence-corrected chi connectivity index (χ3v) is 7.20. The van der Waals surface area contributed by atoms with Gasteiger partial charge in [0.05, 0.1) is 12.3 Å². The van der Waals surface area contributed by atoms with Crippen LogP contribution in [0.4, 0.5) is 0 Å². The molecule has 1 saturated heterocycles. The molecule has 2 aliphatic rings. The molecule has 6 N–H and O–H groups in total. The number of nitrogens with one attached hydrogen (secondary N) is 2. The van der Waals surface area contributed by atoms with Gasteiger partial charge in [-0.3, -0.25) is 14.6 Å². The maximum Gasteiger partial charge on any atom is 0.242 e. The number of carbonyl (C=O) groups excluding carboxylic acids is 2. The average Bonchev–Trinajstić information content (AvgIpc) is 3.27. The lowest BCUT2D eigenvalue weighted by atomic mass is 9.86. The van der Waals surface area contributed by atoms with E-state index < -0.39 is 22.1 Å². The van der Waals surface area contributed by atoms with Crippen LogP contribution >= 0.6 is 0 Å². The standard InChI is InChI=1S/C23H36N6O4S/c1-34(32,33)28-19(14-16-6-3-2-4-7-16)22(31)29-13-5-8-20(29)21(30)26-15-17-9-11-18(12-10-17)27-23(24)25/h2-4,6-7,17-20,28H,5,8-15H2,1H3,(H,26,30)(H4,24,25,27). The number of hydrogen-bond donors (Lipinski definition) is 4. The SMILES string of the molecule is CS(=O)(=O)NC(Cc1ccccc1)C(=O)N1CCCC1C(=O)NCC1CCC(N=C(N)N)CC1. The van der Waals surface area contributed by atoms with Crippen LogP contribution in [0.15, 0.2) is 35.3 Å².